The monoisotopic (exact) mass is 200 g/mol. The standard InChI is InChI=1S/C9H9ClO3/c1-5-3-6(11)4-7(8(5)10)9(12)13-2/h3-4,11H,1-2H3. The lowest BCUT2D eigenvalue weighted by atomic mass is 10.1. The number of carbonyl (C=O) groups excluding carboxylic acids is 1. The molecule has 1 aromatic carbocycles. The molecule has 1 rings (SSSR count). The molecule has 0 unspecified atom stereocenters. The molecule has 0 saturated heterocycles. The zero-order valence-corrected chi connectivity index (χ0v) is 8.05. The van der Waals surface area contributed by atoms with E-state index in [4.69, 9.17) is 11.6 Å². The van der Waals surface area contributed by atoms with E-state index in [0.29, 0.717) is 10.6 Å². The van der Waals surface area contributed by atoms with Crippen molar-refractivity contribution in [1.29, 1.82) is 0 Å². The van der Waals surface area contributed by atoms with E-state index in [1.807, 2.05) is 0 Å². The minimum atomic E-state index is -0.552. The summed E-state index contributed by atoms with van der Waals surface area (Å²) in [7, 11) is 1.26. The van der Waals surface area contributed by atoms with Crippen LogP contribution >= 0.6 is 11.6 Å². The van der Waals surface area contributed by atoms with Crippen LogP contribution in [0.5, 0.6) is 5.75 Å². The fourth-order valence-electron chi connectivity index (χ4n) is 1.01. The minimum Gasteiger partial charge on any atom is -0.508 e. The molecular weight excluding hydrogens is 192 g/mol. The Balaban J connectivity index is 3.28. The van der Waals surface area contributed by atoms with E-state index >= 15 is 0 Å². The lowest BCUT2D eigenvalue weighted by molar-refractivity contribution is 0.0600. The smallest absolute Gasteiger partial charge is 0.339 e. The van der Waals surface area contributed by atoms with Gasteiger partial charge in [0.15, 0.2) is 0 Å². The Hall–Kier alpha value is -1.22. The topological polar surface area (TPSA) is 46.5 Å². The molecule has 13 heavy (non-hydrogen) atoms. The van der Waals surface area contributed by atoms with Crippen LogP contribution in [0, 0.1) is 6.92 Å². The molecule has 4 heteroatoms. The third-order valence-corrected chi connectivity index (χ3v) is 2.15. The Bertz CT molecular complexity index is 347. The Morgan fingerprint density at radius 1 is 1.54 bits per heavy atom. The molecule has 0 bridgehead atoms. The minimum absolute atomic E-state index is 0.00213. The van der Waals surface area contributed by atoms with Crippen molar-refractivity contribution in [2.45, 2.75) is 6.92 Å². The number of esters is 1. The SMILES string of the molecule is COC(=O)c1cc(O)cc(C)c1Cl. The summed E-state index contributed by atoms with van der Waals surface area (Å²) in [5, 5.41) is 9.51. The molecule has 3 nitrogen and oxygen atoms in total. The molecule has 0 spiro atoms. The number of carbonyl (C=O) groups is 1. The highest BCUT2D eigenvalue weighted by molar-refractivity contribution is 6.34. The Morgan fingerprint density at radius 3 is 2.69 bits per heavy atom. The number of hydrogen-bond donors (Lipinski definition) is 1. The average molecular weight is 201 g/mol. The van der Waals surface area contributed by atoms with Crippen LogP contribution in [0.3, 0.4) is 0 Å². The molecular formula is C9H9ClO3. The lowest BCUT2D eigenvalue weighted by Gasteiger charge is -2.05. The van der Waals surface area contributed by atoms with Crippen molar-refractivity contribution in [3.63, 3.8) is 0 Å². The summed E-state index contributed by atoms with van der Waals surface area (Å²) < 4.78 is 4.49. The van der Waals surface area contributed by atoms with Crippen LogP contribution < -0.4 is 0 Å². The fourth-order valence-corrected chi connectivity index (χ4v) is 1.20. The van der Waals surface area contributed by atoms with Crippen LogP contribution in [0.4, 0.5) is 0 Å². The molecule has 0 aliphatic heterocycles. The first-order valence-electron chi connectivity index (χ1n) is 3.63. The van der Waals surface area contributed by atoms with Crippen molar-refractivity contribution in [3.05, 3.63) is 28.3 Å². The number of phenolic OH excluding ortho intramolecular Hbond substituents is 1. The van der Waals surface area contributed by atoms with E-state index in [2.05, 4.69) is 4.74 Å². The number of benzene rings is 1. The molecule has 0 heterocycles. The highest BCUT2D eigenvalue weighted by Crippen LogP contribution is 2.26. The third kappa shape index (κ3) is 1.92. The van der Waals surface area contributed by atoms with Crippen LogP contribution in [0.25, 0.3) is 0 Å². The van der Waals surface area contributed by atoms with E-state index in [1.165, 1.54) is 19.2 Å². The highest BCUT2D eigenvalue weighted by atomic mass is 35.5. The van der Waals surface area contributed by atoms with Crippen molar-refractivity contribution < 1.29 is 14.6 Å². The van der Waals surface area contributed by atoms with E-state index in [1.54, 1.807) is 6.92 Å². The zero-order valence-electron chi connectivity index (χ0n) is 7.30. The van der Waals surface area contributed by atoms with Gasteiger partial charge in [0.25, 0.3) is 0 Å². The van der Waals surface area contributed by atoms with E-state index in [-0.39, 0.29) is 11.3 Å². The highest BCUT2D eigenvalue weighted by Gasteiger charge is 2.13. The maximum absolute atomic E-state index is 11.1. The van der Waals surface area contributed by atoms with Gasteiger partial charge in [0.1, 0.15) is 5.75 Å². The molecule has 0 atom stereocenters. The predicted octanol–water partition coefficient (Wildman–Crippen LogP) is 2.14. The first kappa shape index (κ1) is 9.86. The summed E-state index contributed by atoms with van der Waals surface area (Å²) in [6, 6.07) is 2.76. The first-order valence-corrected chi connectivity index (χ1v) is 4.01. The van der Waals surface area contributed by atoms with Crippen LogP contribution in [0.2, 0.25) is 5.02 Å². The maximum atomic E-state index is 11.1. The van der Waals surface area contributed by atoms with Gasteiger partial charge in [0.05, 0.1) is 17.7 Å². The number of methoxy groups -OCH3 is 1. The number of aryl methyl sites for hydroxylation is 1. The summed E-state index contributed by atoms with van der Waals surface area (Å²) in [4.78, 5) is 11.1. The van der Waals surface area contributed by atoms with Crippen molar-refractivity contribution >= 4 is 17.6 Å². The molecule has 0 aromatic heterocycles. The Labute approximate surface area is 80.9 Å². The van der Waals surface area contributed by atoms with E-state index < -0.39 is 5.97 Å². The molecule has 0 fully saturated rings. The maximum Gasteiger partial charge on any atom is 0.339 e. The van der Waals surface area contributed by atoms with Crippen molar-refractivity contribution in [3.8, 4) is 5.75 Å². The van der Waals surface area contributed by atoms with E-state index in [9.17, 15) is 9.90 Å². The van der Waals surface area contributed by atoms with Gasteiger partial charge in [-0.1, -0.05) is 11.6 Å². The Kier molecular flexibility index (Phi) is 2.78. The van der Waals surface area contributed by atoms with Crippen LogP contribution in [-0.2, 0) is 4.74 Å². The van der Waals surface area contributed by atoms with Gasteiger partial charge < -0.3 is 9.84 Å². The van der Waals surface area contributed by atoms with Gasteiger partial charge in [-0.05, 0) is 24.6 Å². The number of phenols is 1. The number of ether oxygens (including phenoxy) is 1. The molecule has 0 aliphatic carbocycles. The van der Waals surface area contributed by atoms with Gasteiger partial charge in [-0.3, -0.25) is 0 Å². The average Bonchev–Trinajstić information content (AvgIpc) is 2.10. The van der Waals surface area contributed by atoms with Gasteiger partial charge >= 0.3 is 5.97 Å². The Morgan fingerprint density at radius 2 is 2.15 bits per heavy atom. The van der Waals surface area contributed by atoms with E-state index in [0.717, 1.165) is 0 Å². The number of rotatable bonds is 1. The van der Waals surface area contributed by atoms with Crippen molar-refractivity contribution in [2.24, 2.45) is 0 Å². The van der Waals surface area contributed by atoms with Crippen LogP contribution in [-0.4, -0.2) is 18.2 Å². The quantitative estimate of drug-likeness (QED) is 0.707. The molecule has 0 aliphatic rings. The van der Waals surface area contributed by atoms with Gasteiger partial charge in [-0.15, -0.1) is 0 Å². The normalized spacial score (nSPS) is 9.77. The summed E-state index contributed by atoms with van der Waals surface area (Å²) in [6.07, 6.45) is 0. The molecule has 0 saturated carbocycles. The summed E-state index contributed by atoms with van der Waals surface area (Å²) in [5.74, 6) is -0.550. The molecule has 0 amide bonds. The van der Waals surface area contributed by atoms with Crippen molar-refractivity contribution in [2.75, 3.05) is 7.11 Å². The largest absolute Gasteiger partial charge is 0.508 e. The first-order chi connectivity index (χ1) is 6.06. The third-order valence-electron chi connectivity index (χ3n) is 1.64. The molecule has 1 aromatic rings. The number of hydrogen-bond acceptors (Lipinski definition) is 3. The second-order valence-electron chi connectivity index (χ2n) is 2.62. The van der Waals surface area contributed by atoms with Gasteiger partial charge in [0.2, 0.25) is 0 Å². The van der Waals surface area contributed by atoms with Gasteiger partial charge in [0, 0.05) is 0 Å². The predicted molar refractivity (Wildman–Crippen MR) is 49.2 cm³/mol. The van der Waals surface area contributed by atoms with Crippen molar-refractivity contribution in [1.82, 2.24) is 0 Å². The van der Waals surface area contributed by atoms with Gasteiger partial charge in [-0.25, -0.2) is 4.79 Å². The van der Waals surface area contributed by atoms with Crippen LogP contribution in [0.1, 0.15) is 15.9 Å². The fraction of sp³-hybridized carbons (Fsp3) is 0.222. The molecule has 1 N–H and O–H groups in total. The summed E-state index contributed by atoms with van der Waals surface area (Å²) in [5.41, 5.74) is 0.823. The summed E-state index contributed by atoms with van der Waals surface area (Å²) >= 11 is 5.83. The number of aromatic hydroxyl groups is 1. The second kappa shape index (κ2) is 3.66. The molecule has 0 radical (unpaired) electrons. The molecule has 70 valence electrons. The summed E-state index contributed by atoms with van der Waals surface area (Å²) in [6.45, 7) is 1.70. The zero-order chi connectivity index (χ0) is 10.0. The second-order valence-corrected chi connectivity index (χ2v) is 2.99. The van der Waals surface area contributed by atoms with Gasteiger partial charge in [-0.2, -0.15) is 0 Å². The van der Waals surface area contributed by atoms with Crippen LogP contribution in [0.15, 0.2) is 12.1 Å². The number of halogens is 1. The lowest BCUT2D eigenvalue weighted by Crippen LogP contribution is -2.02.